The maximum absolute atomic E-state index is 13.7. The summed E-state index contributed by atoms with van der Waals surface area (Å²) in [6, 6.07) is 12.3. The molecular formula is C21H27FN2O4S. The van der Waals surface area contributed by atoms with E-state index in [2.05, 4.69) is 16.9 Å². The fourth-order valence-corrected chi connectivity index (χ4v) is 4.29. The Hall–Kier alpha value is -2.03. The molecule has 0 radical (unpaired) electrons. The number of nitrogens with zero attached hydrogens (tertiary/aromatic N) is 1. The van der Waals surface area contributed by atoms with Gasteiger partial charge in [0, 0.05) is 12.7 Å². The van der Waals surface area contributed by atoms with Crippen molar-refractivity contribution in [3.05, 3.63) is 70.4 Å². The molecule has 8 heteroatoms. The molecule has 2 aromatic rings. The van der Waals surface area contributed by atoms with Crippen LogP contribution in [0.25, 0.3) is 0 Å². The Balaban J connectivity index is 1.61. The summed E-state index contributed by atoms with van der Waals surface area (Å²) in [5.74, 6) is -0.357. The van der Waals surface area contributed by atoms with E-state index in [0.29, 0.717) is 5.92 Å². The Morgan fingerprint density at radius 3 is 2.48 bits per heavy atom. The average molecular weight is 423 g/mol. The Labute approximate surface area is 170 Å². The third-order valence-corrected chi connectivity index (χ3v) is 6.06. The van der Waals surface area contributed by atoms with E-state index in [4.69, 9.17) is 4.74 Å². The summed E-state index contributed by atoms with van der Waals surface area (Å²) in [5, 5.41) is 0. The van der Waals surface area contributed by atoms with Crippen LogP contribution in [0.15, 0.2) is 53.5 Å². The van der Waals surface area contributed by atoms with Crippen molar-refractivity contribution in [2.24, 2.45) is 0 Å². The molecule has 0 aliphatic heterocycles. The third-order valence-electron chi connectivity index (χ3n) is 5.37. The van der Waals surface area contributed by atoms with Crippen LogP contribution >= 0.6 is 0 Å². The van der Waals surface area contributed by atoms with Crippen LogP contribution in [0.2, 0.25) is 0 Å². The summed E-state index contributed by atoms with van der Waals surface area (Å²) in [5.41, 5.74) is 0.552. The lowest BCUT2D eigenvalue weighted by Gasteiger charge is -2.30. The van der Waals surface area contributed by atoms with Crippen LogP contribution in [0.4, 0.5) is 4.39 Å². The lowest BCUT2D eigenvalue weighted by atomic mass is 9.83. The van der Waals surface area contributed by atoms with E-state index >= 15 is 0 Å². The van der Waals surface area contributed by atoms with Crippen LogP contribution in [-0.2, 0) is 14.8 Å². The number of sulfonamides is 1. The molecule has 1 atom stereocenters. The Morgan fingerprint density at radius 1 is 1.14 bits per heavy atom. The van der Waals surface area contributed by atoms with E-state index in [1.54, 1.807) is 0 Å². The van der Waals surface area contributed by atoms with Crippen molar-refractivity contribution < 1.29 is 17.5 Å². The molecule has 1 aromatic heterocycles. The van der Waals surface area contributed by atoms with Gasteiger partial charge in [-0.25, -0.2) is 17.5 Å². The molecule has 0 unspecified atom stereocenters. The summed E-state index contributed by atoms with van der Waals surface area (Å²) >= 11 is 0. The topological polar surface area (TPSA) is 77.4 Å². The Kier molecular flexibility index (Phi) is 7.21. The highest BCUT2D eigenvalue weighted by Crippen LogP contribution is 2.34. The fourth-order valence-electron chi connectivity index (χ4n) is 3.79. The lowest BCUT2D eigenvalue weighted by molar-refractivity contribution is 0.00722. The molecule has 29 heavy (non-hydrogen) atoms. The van der Waals surface area contributed by atoms with Crippen molar-refractivity contribution in [1.82, 2.24) is 9.29 Å². The van der Waals surface area contributed by atoms with Gasteiger partial charge in [-0.3, -0.25) is 4.79 Å². The van der Waals surface area contributed by atoms with E-state index in [0.717, 1.165) is 38.0 Å². The van der Waals surface area contributed by atoms with Gasteiger partial charge in [-0.15, -0.1) is 0 Å². The SMILES string of the molecule is CS(=O)(=O)NC[C@@H](COC1CCC(c2ccccc2)CC1)n1cccc(F)c1=O. The molecule has 1 heterocycles. The Bertz CT molecular complexity index is 954. The van der Waals surface area contributed by atoms with Gasteiger partial charge in [0.05, 0.1) is 25.0 Å². The first-order valence-corrected chi connectivity index (χ1v) is 11.7. The molecule has 158 valence electrons. The number of hydrogen-bond acceptors (Lipinski definition) is 4. The summed E-state index contributed by atoms with van der Waals surface area (Å²) in [6.45, 7) is 0.0914. The molecule has 3 rings (SSSR count). The maximum atomic E-state index is 13.7. The third kappa shape index (κ3) is 6.22. The van der Waals surface area contributed by atoms with Gasteiger partial charge >= 0.3 is 0 Å². The number of pyridine rings is 1. The number of rotatable bonds is 8. The normalized spacial score (nSPS) is 21.0. The molecule has 1 fully saturated rings. The number of nitrogens with one attached hydrogen (secondary N) is 1. The smallest absolute Gasteiger partial charge is 0.286 e. The van der Waals surface area contributed by atoms with Gasteiger partial charge in [0.25, 0.3) is 5.56 Å². The molecule has 0 saturated heterocycles. The van der Waals surface area contributed by atoms with E-state index in [1.165, 1.54) is 22.4 Å². The predicted octanol–water partition coefficient (Wildman–Crippen LogP) is 2.82. The molecule has 6 nitrogen and oxygen atoms in total. The van der Waals surface area contributed by atoms with Gasteiger partial charge in [-0.1, -0.05) is 30.3 Å². The molecule has 0 amide bonds. The van der Waals surface area contributed by atoms with Gasteiger partial charge < -0.3 is 9.30 Å². The molecule has 0 spiro atoms. The van der Waals surface area contributed by atoms with E-state index < -0.39 is 27.4 Å². The number of benzene rings is 1. The van der Waals surface area contributed by atoms with Gasteiger partial charge in [0.2, 0.25) is 10.0 Å². The van der Waals surface area contributed by atoms with E-state index in [1.807, 2.05) is 18.2 Å². The molecule has 0 bridgehead atoms. The minimum atomic E-state index is -3.45. The highest BCUT2D eigenvalue weighted by atomic mass is 32.2. The van der Waals surface area contributed by atoms with Gasteiger partial charge in [-0.2, -0.15) is 0 Å². The summed E-state index contributed by atoms with van der Waals surface area (Å²) in [4.78, 5) is 12.1. The zero-order chi connectivity index (χ0) is 20.9. The second-order valence-electron chi connectivity index (χ2n) is 7.56. The van der Waals surface area contributed by atoms with Crippen LogP contribution in [0.1, 0.15) is 43.2 Å². The van der Waals surface area contributed by atoms with Crippen LogP contribution in [0, 0.1) is 5.82 Å². The van der Waals surface area contributed by atoms with Crippen molar-refractivity contribution in [1.29, 1.82) is 0 Å². The molecule has 1 aromatic carbocycles. The van der Waals surface area contributed by atoms with Crippen LogP contribution in [-0.4, -0.2) is 38.5 Å². The number of aromatic nitrogens is 1. The zero-order valence-electron chi connectivity index (χ0n) is 16.5. The molecule has 1 aliphatic rings. The summed E-state index contributed by atoms with van der Waals surface area (Å²) in [7, 11) is -3.45. The fraction of sp³-hybridized carbons (Fsp3) is 0.476. The average Bonchev–Trinajstić information content (AvgIpc) is 2.71. The summed E-state index contributed by atoms with van der Waals surface area (Å²) in [6.07, 6.45) is 6.36. The van der Waals surface area contributed by atoms with Gasteiger partial charge in [0.15, 0.2) is 5.82 Å². The lowest BCUT2D eigenvalue weighted by Crippen LogP contribution is -2.38. The molecule has 1 N–H and O–H groups in total. The van der Waals surface area contributed by atoms with Crippen molar-refractivity contribution in [2.75, 3.05) is 19.4 Å². The second kappa shape index (κ2) is 9.65. The second-order valence-corrected chi connectivity index (χ2v) is 9.39. The van der Waals surface area contributed by atoms with E-state index in [-0.39, 0.29) is 19.3 Å². The van der Waals surface area contributed by atoms with Crippen molar-refractivity contribution in [2.45, 2.75) is 43.7 Å². The van der Waals surface area contributed by atoms with Gasteiger partial charge in [-0.05, 0) is 49.3 Å². The molecule has 1 saturated carbocycles. The van der Waals surface area contributed by atoms with Gasteiger partial charge in [0.1, 0.15) is 0 Å². The zero-order valence-corrected chi connectivity index (χ0v) is 17.3. The van der Waals surface area contributed by atoms with Crippen LogP contribution in [0.3, 0.4) is 0 Å². The van der Waals surface area contributed by atoms with Crippen LogP contribution in [0.5, 0.6) is 0 Å². The Morgan fingerprint density at radius 2 is 1.83 bits per heavy atom. The first kappa shape index (κ1) is 21.7. The largest absolute Gasteiger partial charge is 0.376 e. The van der Waals surface area contributed by atoms with Crippen molar-refractivity contribution in [3.8, 4) is 0 Å². The summed E-state index contributed by atoms with van der Waals surface area (Å²) < 4.78 is 46.3. The minimum Gasteiger partial charge on any atom is -0.376 e. The number of ether oxygens (including phenoxy) is 1. The van der Waals surface area contributed by atoms with E-state index in [9.17, 15) is 17.6 Å². The first-order valence-electron chi connectivity index (χ1n) is 9.81. The highest BCUT2D eigenvalue weighted by Gasteiger charge is 2.24. The monoisotopic (exact) mass is 422 g/mol. The first-order chi connectivity index (χ1) is 13.8. The van der Waals surface area contributed by atoms with Crippen molar-refractivity contribution >= 4 is 10.0 Å². The number of hydrogen-bond donors (Lipinski definition) is 1. The predicted molar refractivity (Wildman–Crippen MR) is 110 cm³/mol. The van der Waals surface area contributed by atoms with Crippen molar-refractivity contribution in [3.63, 3.8) is 0 Å². The quantitative estimate of drug-likeness (QED) is 0.710. The standard InChI is InChI=1S/C21H27FN2O4S/c1-29(26,27)23-14-18(24-13-5-8-20(22)21(24)25)15-28-19-11-9-17(10-12-19)16-6-3-2-4-7-16/h2-8,13,17-19,23H,9-12,14-15H2,1H3/t17?,18-,19?/m0/s1. The highest BCUT2D eigenvalue weighted by molar-refractivity contribution is 7.88. The molecular weight excluding hydrogens is 395 g/mol. The minimum absolute atomic E-state index is 0.0401. The number of halogens is 1. The van der Waals surface area contributed by atoms with Crippen LogP contribution < -0.4 is 10.3 Å². The molecule has 1 aliphatic carbocycles. The maximum Gasteiger partial charge on any atom is 0.286 e.